The zero-order valence-electron chi connectivity index (χ0n) is 25.4. The standard InChI is InChI=1S/C38H37N3O4S/c42-25-28-12-14-31(15-13-28)35-22-34(26-46-36-11-4-5-20-39-36)44-37(45-35)32-18-16-30(17-19-32)33-10-6-9-29(21-33)24-41-38(43)40-23-27-7-2-1-3-8-27/h1-21,34-35,37,42H,22-26H2,(H2,40,41,43)/t34-,35+,37+/m1/s1. The summed E-state index contributed by atoms with van der Waals surface area (Å²) in [5.41, 5.74) is 7.07. The van der Waals surface area contributed by atoms with E-state index < -0.39 is 6.29 Å². The number of hydrogen-bond donors (Lipinski definition) is 3. The molecule has 1 saturated heterocycles. The molecule has 7 nitrogen and oxygen atoms in total. The number of nitrogens with zero attached hydrogens (tertiary/aromatic N) is 1. The second kappa shape index (κ2) is 15.7. The molecule has 0 saturated carbocycles. The quantitative estimate of drug-likeness (QED) is 0.130. The summed E-state index contributed by atoms with van der Waals surface area (Å²) in [5.74, 6) is 0.755. The van der Waals surface area contributed by atoms with Gasteiger partial charge in [-0.05, 0) is 51.6 Å². The Bertz CT molecular complexity index is 1690. The van der Waals surface area contributed by atoms with Crippen LogP contribution in [0.5, 0.6) is 0 Å². The van der Waals surface area contributed by atoms with Crippen LogP contribution in [-0.2, 0) is 29.2 Å². The summed E-state index contributed by atoms with van der Waals surface area (Å²) in [6.07, 6.45) is 1.82. The normalized spacial score (nSPS) is 17.7. The molecule has 0 radical (unpaired) electrons. The third-order valence-corrected chi connectivity index (χ3v) is 8.94. The van der Waals surface area contributed by atoms with E-state index in [1.807, 2.05) is 84.9 Å². The largest absolute Gasteiger partial charge is 0.392 e. The Balaban J connectivity index is 1.11. The number of carbonyl (C=O) groups is 1. The zero-order valence-corrected chi connectivity index (χ0v) is 26.2. The molecule has 1 fully saturated rings. The molecule has 2 heterocycles. The second-order valence-electron chi connectivity index (χ2n) is 11.2. The molecule has 1 aliphatic rings. The monoisotopic (exact) mass is 631 g/mol. The van der Waals surface area contributed by atoms with Crippen LogP contribution in [0.2, 0.25) is 0 Å². The summed E-state index contributed by atoms with van der Waals surface area (Å²) in [6, 6.07) is 40.0. The van der Waals surface area contributed by atoms with Crippen molar-refractivity contribution in [2.75, 3.05) is 5.75 Å². The predicted octanol–water partition coefficient (Wildman–Crippen LogP) is 7.58. The van der Waals surface area contributed by atoms with Crippen LogP contribution in [0.15, 0.2) is 133 Å². The number of nitrogens with one attached hydrogen (secondary N) is 2. The lowest BCUT2D eigenvalue weighted by atomic mass is 9.99. The Kier molecular flexibility index (Phi) is 10.7. The molecule has 0 bridgehead atoms. The number of aromatic nitrogens is 1. The minimum absolute atomic E-state index is 0.0107. The van der Waals surface area contributed by atoms with E-state index in [9.17, 15) is 9.90 Å². The van der Waals surface area contributed by atoms with Crippen LogP contribution in [0.1, 0.15) is 46.6 Å². The third-order valence-electron chi connectivity index (χ3n) is 7.86. The maximum absolute atomic E-state index is 12.4. The molecule has 1 aromatic heterocycles. The number of carbonyl (C=O) groups excluding carboxylic acids is 1. The zero-order chi connectivity index (χ0) is 31.6. The lowest BCUT2D eigenvalue weighted by Gasteiger charge is -2.36. The van der Waals surface area contributed by atoms with Gasteiger partial charge in [0.2, 0.25) is 0 Å². The molecule has 3 N–H and O–H groups in total. The lowest BCUT2D eigenvalue weighted by molar-refractivity contribution is -0.245. The van der Waals surface area contributed by atoms with Crippen LogP contribution in [0.3, 0.4) is 0 Å². The number of aliphatic hydroxyl groups is 1. The number of urea groups is 1. The first-order valence-electron chi connectivity index (χ1n) is 15.4. The van der Waals surface area contributed by atoms with Gasteiger partial charge in [0.05, 0.1) is 23.8 Å². The highest BCUT2D eigenvalue weighted by atomic mass is 32.2. The molecular weight excluding hydrogens is 595 g/mol. The van der Waals surface area contributed by atoms with Gasteiger partial charge < -0.3 is 25.2 Å². The van der Waals surface area contributed by atoms with Crippen LogP contribution >= 0.6 is 11.8 Å². The molecule has 8 heteroatoms. The maximum atomic E-state index is 12.4. The molecule has 3 atom stereocenters. The number of amides is 2. The van der Waals surface area contributed by atoms with E-state index in [2.05, 4.69) is 52.0 Å². The first-order valence-corrected chi connectivity index (χ1v) is 16.4. The number of pyridine rings is 1. The summed E-state index contributed by atoms with van der Waals surface area (Å²) in [4.78, 5) is 16.8. The summed E-state index contributed by atoms with van der Waals surface area (Å²) in [7, 11) is 0. The first kappa shape index (κ1) is 31.5. The van der Waals surface area contributed by atoms with Gasteiger partial charge in [0, 0.05) is 37.0 Å². The lowest BCUT2D eigenvalue weighted by Crippen LogP contribution is -2.34. The smallest absolute Gasteiger partial charge is 0.315 e. The van der Waals surface area contributed by atoms with Crippen molar-refractivity contribution in [2.24, 2.45) is 0 Å². The van der Waals surface area contributed by atoms with E-state index in [1.165, 1.54) is 0 Å². The fourth-order valence-electron chi connectivity index (χ4n) is 5.35. The molecule has 234 valence electrons. The van der Waals surface area contributed by atoms with E-state index >= 15 is 0 Å². The summed E-state index contributed by atoms with van der Waals surface area (Å²) in [5, 5.41) is 16.3. The van der Waals surface area contributed by atoms with E-state index in [4.69, 9.17) is 9.47 Å². The van der Waals surface area contributed by atoms with Crippen molar-refractivity contribution in [3.05, 3.63) is 155 Å². The third kappa shape index (κ3) is 8.62. The van der Waals surface area contributed by atoms with Gasteiger partial charge in [-0.3, -0.25) is 0 Å². The second-order valence-corrected chi connectivity index (χ2v) is 12.2. The Labute approximate surface area is 274 Å². The van der Waals surface area contributed by atoms with Crippen molar-refractivity contribution in [1.82, 2.24) is 15.6 Å². The van der Waals surface area contributed by atoms with E-state index in [1.54, 1.807) is 18.0 Å². The maximum Gasteiger partial charge on any atom is 0.315 e. The van der Waals surface area contributed by atoms with Crippen LogP contribution in [0, 0.1) is 0 Å². The van der Waals surface area contributed by atoms with E-state index in [-0.39, 0.29) is 24.8 Å². The molecule has 0 unspecified atom stereocenters. The number of thioether (sulfide) groups is 1. The highest BCUT2D eigenvalue weighted by Crippen LogP contribution is 2.39. The Morgan fingerprint density at radius 2 is 1.46 bits per heavy atom. The van der Waals surface area contributed by atoms with E-state index in [0.717, 1.165) is 56.1 Å². The molecule has 6 rings (SSSR count). The molecule has 0 spiro atoms. The summed E-state index contributed by atoms with van der Waals surface area (Å²) < 4.78 is 13.0. The fraction of sp³-hybridized carbons (Fsp3) is 0.211. The SMILES string of the molecule is O=C(NCc1ccccc1)NCc1cccc(-c2ccc([C@H]3O[C@@H](CSc4ccccn4)C[C@@H](c4ccc(CO)cc4)O3)cc2)c1. The van der Waals surface area contributed by atoms with Gasteiger partial charge in [0.15, 0.2) is 6.29 Å². The van der Waals surface area contributed by atoms with Crippen molar-refractivity contribution in [2.45, 2.75) is 49.6 Å². The van der Waals surface area contributed by atoms with Crippen molar-refractivity contribution < 1.29 is 19.4 Å². The average molecular weight is 632 g/mol. The summed E-state index contributed by atoms with van der Waals surface area (Å²) in [6.45, 7) is 0.916. The average Bonchev–Trinajstić information content (AvgIpc) is 3.13. The van der Waals surface area contributed by atoms with Gasteiger partial charge in [0.25, 0.3) is 0 Å². The number of benzene rings is 4. The van der Waals surface area contributed by atoms with Crippen molar-refractivity contribution in [1.29, 1.82) is 0 Å². The highest BCUT2D eigenvalue weighted by molar-refractivity contribution is 7.99. The van der Waals surface area contributed by atoms with Crippen LogP contribution in [-0.4, -0.2) is 28.0 Å². The van der Waals surface area contributed by atoms with Crippen LogP contribution in [0.4, 0.5) is 4.79 Å². The van der Waals surface area contributed by atoms with Crippen molar-refractivity contribution in [3.63, 3.8) is 0 Å². The number of ether oxygens (including phenoxy) is 2. The Morgan fingerprint density at radius 1 is 0.739 bits per heavy atom. The van der Waals surface area contributed by atoms with Gasteiger partial charge in [-0.25, -0.2) is 9.78 Å². The Morgan fingerprint density at radius 3 is 2.20 bits per heavy atom. The summed E-state index contributed by atoms with van der Waals surface area (Å²) >= 11 is 1.68. The molecule has 4 aromatic carbocycles. The number of rotatable bonds is 11. The molecule has 0 aliphatic carbocycles. The Hall–Kier alpha value is -4.47. The van der Waals surface area contributed by atoms with Crippen molar-refractivity contribution in [3.8, 4) is 11.1 Å². The fourth-order valence-corrected chi connectivity index (χ4v) is 6.23. The van der Waals surface area contributed by atoms with Gasteiger partial charge in [-0.1, -0.05) is 103 Å². The highest BCUT2D eigenvalue weighted by Gasteiger charge is 2.32. The number of aliphatic hydroxyl groups excluding tert-OH is 1. The molecule has 2 amide bonds. The minimum Gasteiger partial charge on any atom is -0.392 e. The van der Waals surface area contributed by atoms with Gasteiger partial charge in [-0.2, -0.15) is 0 Å². The van der Waals surface area contributed by atoms with Crippen molar-refractivity contribution >= 4 is 17.8 Å². The number of hydrogen-bond acceptors (Lipinski definition) is 6. The first-order chi connectivity index (χ1) is 22.6. The topological polar surface area (TPSA) is 92.7 Å². The van der Waals surface area contributed by atoms with Gasteiger partial charge >= 0.3 is 6.03 Å². The van der Waals surface area contributed by atoms with Crippen LogP contribution < -0.4 is 10.6 Å². The molecule has 5 aromatic rings. The molecular formula is C38H37N3O4S. The van der Waals surface area contributed by atoms with Gasteiger partial charge in [-0.15, -0.1) is 11.8 Å². The molecule has 46 heavy (non-hydrogen) atoms. The minimum atomic E-state index is -0.524. The molecule has 1 aliphatic heterocycles. The predicted molar refractivity (Wildman–Crippen MR) is 181 cm³/mol. The van der Waals surface area contributed by atoms with Crippen LogP contribution in [0.25, 0.3) is 11.1 Å². The van der Waals surface area contributed by atoms with Gasteiger partial charge in [0.1, 0.15) is 0 Å². The van der Waals surface area contributed by atoms with E-state index in [0.29, 0.717) is 13.1 Å².